The van der Waals surface area contributed by atoms with Crippen molar-refractivity contribution in [1.82, 2.24) is 14.6 Å². The number of carbonyl (C=O) groups is 2. The number of hydrogen-bond donors (Lipinski definition) is 2. The van der Waals surface area contributed by atoms with Gasteiger partial charge in [-0.25, -0.2) is 4.79 Å². The van der Waals surface area contributed by atoms with Crippen LogP contribution in [0.25, 0.3) is 0 Å². The lowest BCUT2D eigenvalue weighted by molar-refractivity contribution is -0.129. The number of rotatable bonds is 11. The van der Waals surface area contributed by atoms with E-state index in [2.05, 4.69) is 50.0 Å². The molecule has 6 rings (SSSR count). The zero-order valence-corrected chi connectivity index (χ0v) is 28.7. The van der Waals surface area contributed by atoms with Crippen LogP contribution in [0.15, 0.2) is 101 Å². The van der Waals surface area contributed by atoms with Gasteiger partial charge in [-0.15, -0.1) is 5.06 Å². The summed E-state index contributed by atoms with van der Waals surface area (Å²) in [6.45, 7) is 7.53. The van der Waals surface area contributed by atoms with Gasteiger partial charge in [0.2, 0.25) is 0 Å². The molecule has 2 aliphatic heterocycles. The number of aliphatic hydroxyl groups excluding tert-OH is 1. The zero-order valence-electron chi connectivity index (χ0n) is 27.7. The first-order valence-corrected chi connectivity index (χ1v) is 18.0. The van der Waals surface area contributed by atoms with Gasteiger partial charge in [-0.3, -0.25) is 28.8 Å². The van der Waals surface area contributed by atoms with Gasteiger partial charge >= 0.3 is 5.69 Å². The van der Waals surface area contributed by atoms with Crippen LogP contribution in [0.2, 0.25) is 5.04 Å². The van der Waals surface area contributed by atoms with Crippen LogP contribution < -0.4 is 21.6 Å². The fourth-order valence-corrected chi connectivity index (χ4v) is 11.2. The molecule has 0 bridgehead atoms. The van der Waals surface area contributed by atoms with Gasteiger partial charge in [0.15, 0.2) is 6.23 Å². The quantitative estimate of drug-likeness (QED) is 0.138. The first kappa shape index (κ1) is 34.4. The summed E-state index contributed by atoms with van der Waals surface area (Å²) in [4.78, 5) is 58.4. The lowest BCUT2D eigenvalue weighted by Gasteiger charge is -2.43. The highest BCUT2D eigenvalue weighted by Crippen LogP contribution is 2.38. The van der Waals surface area contributed by atoms with E-state index < -0.39 is 55.9 Å². The molecule has 2 N–H and O–H groups in total. The van der Waals surface area contributed by atoms with E-state index in [0.717, 1.165) is 10.4 Å². The number of hydroxylamine groups is 2. The molecule has 13 heteroatoms. The smallest absolute Gasteiger partial charge is 0.330 e. The van der Waals surface area contributed by atoms with E-state index in [-0.39, 0.29) is 41.5 Å². The number of ether oxygens (including phenoxy) is 2. The Morgan fingerprint density at radius 2 is 1.39 bits per heavy atom. The number of benzene rings is 3. The first-order chi connectivity index (χ1) is 23.4. The van der Waals surface area contributed by atoms with Gasteiger partial charge in [0.05, 0.1) is 30.9 Å². The Morgan fingerprint density at radius 1 is 0.837 bits per heavy atom. The highest BCUT2D eigenvalue weighted by molar-refractivity contribution is 6.99. The molecule has 3 heterocycles. The molecule has 49 heavy (non-hydrogen) atoms. The minimum atomic E-state index is -3.02. The van der Waals surface area contributed by atoms with Crippen LogP contribution in [-0.2, 0) is 18.7 Å². The molecule has 1 aromatic heterocycles. The van der Waals surface area contributed by atoms with Crippen LogP contribution in [0.4, 0.5) is 0 Å². The van der Waals surface area contributed by atoms with Crippen LogP contribution >= 0.6 is 0 Å². The first-order valence-electron chi connectivity index (χ1n) is 16.1. The van der Waals surface area contributed by atoms with Gasteiger partial charge in [0, 0.05) is 11.8 Å². The van der Waals surface area contributed by atoms with Gasteiger partial charge in [-0.1, -0.05) is 93.6 Å². The number of aromatic nitrogens is 2. The maximum atomic E-state index is 13.0. The van der Waals surface area contributed by atoms with Crippen molar-refractivity contribution >= 4 is 30.5 Å². The van der Waals surface area contributed by atoms with E-state index in [1.165, 1.54) is 10.8 Å². The van der Waals surface area contributed by atoms with E-state index in [9.17, 15) is 24.3 Å². The molecule has 0 spiro atoms. The molecule has 0 saturated carbocycles. The third-order valence-electron chi connectivity index (χ3n) is 8.98. The second-order valence-electron chi connectivity index (χ2n) is 13.1. The van der Waals surface area contributed by atoms with Crippen LogP contribution in [0.1, 0.15) is 53.3 Å². The summed E-state index contributed by atoms with van der Waals surface area (Å²) in [6.07, 6.45) is -3.11. The van der Waals surface area contributed by atoms with E-state index in [1.807, 2.05) is 36.4 Å². The summed E-state index contributed by atoms with van der Waals surface area (Å²) >= 11 is 0. The Morgan fingerprint density at radius 3 is 1.94 bits per heavy atom. The summed E-state index contributed by atoms with van der Waals surface area (Å²) in [6, 6.07) is 26.5. The Balaban J connectivity index is 1.25. The second kappa shape index (κ2) is 13.8. The molecule has 3 aromatic carbocycles. The number of carbonyl (C=O) groups excluding carboxylic acids is 2. The molecule has 0 aliphatic carbocycles. The van der Waals surface area contributed by atoms with Crippen LogP contribution in [0.5, 0.6) is 0 Å². The maximum absolute atomic E-state index is 13.0. The van der Waals surface area contributed by atoms with E-state index in [1.54, 1.807) is 31.2 Å². The molecule has 12 nitrogen and oxygen atoms in total. The zero-order chi connectivity index (χ0) is 34.9. The van der Waals surface area contributed by atoms with Crippen molar-refractivity contribution < 1.29 is 33.4 Å². The predicted molar refractivity (Wildman–Crippen MR) is 182 cm³/mol. The van der Waals surface area contributed by atoms with Crippen molar-refractivity contribution in [1.29, 1.82) is 0 Å². The Kier molecular flexibility index (Phi) is 9.67. The SMILES string of the molecule is Cc1cn([C@@H]2O[C@H](CO[Si](c3ccccc3)(c3ccccc3)C(C)(C)C)[C@@H](O)[C@H]2OCCON2C(=O)c3ccccc3C2=O)c(=O)[nH]c1=O. The number of nitrogens with zero attached hydrogens (tertiary/aromatic N) is 2. The third-order valence-corrected chi connectivity index (χ3v) is 14.0. The molecule has 256 valence electrons. The van der Waals surface area contributed by atoms with E-state index >= 15 is 0 Å². The van der Waals surface area contributed by atoms with Crippen molar-refractivity contribution in [3.8, 4) is 0 Å². The molecule has 4 atom stereocenters. The fraction of sp³-hybridized carbons (Fsp3) is 0.333. The summed E-state index contributed by atoms with van der Waals surface area (Å²) < 4.78 is 20.6. The number of imide groups is 1. The lowest BCUT2D eigenvalue weighted by atomic mass is 10.1. The van der Waals surface area contributed by atoms with Gasteiger partial charge in [-0.05, 0) is 34.5 Å². The van der Waals surface area contributed by atoms with Crippen LogP contribution in [-0.4, -0.2) is 78.0 Å². The molecular weight excluding hydrogens is 646 g/mol. The molecular formula is C36H39N3O9Si. The number of fused-ring (bicyclic) bond motifs is 1. The lowest BCUT2D eigenvalue weighted by Crippen LogP contribution is -2.67. The van der Waals surface area contributed by atoms with Gasteiger partial charge < -0.3 is 19.0 Å². The normalized spacial score (nSPS) is 21.0. The standard InChI is InChI=1S/C36H39N3O9Si/c1-23-21-38(35(44)37-31(23)41)34-30(45-19-20-46-39-32(42)26-17-11-12-18-27(26)33(39)43)29(40)28(48-34)22-47-49(36(2,3)4,24-13-7-5-8-14-24)25-15-9-6-10-16-25/h5-18,21,28-30,34,40H,19-20,22H2,1-4H3,(H,37,41,44)/t28-,29-,30-,34-/m1/s1. The van der Waals surface area contributed by atoms with E-state index in [0.29, 0.717) is 5.06 Å². The average Bonchev–Trinajstić information content (AvgIpc) is 3.53. The molecule has 0 radical (unpaired) electrons. The number of aliphatic hydroxyl groups is 1. The summed E-state index contributed by atoms with van der Waals surface area (Å²) in [5, 5.41) is 14.1. The van der Waals surface area contributed by atoms with Crippen molar-refractivity contribution in [3.63, 3.8) is 0 Å². The van der Waals surface area contributed by atoms with Crippen molar-refractivity contribution in [2.24, 2.45) is 0 Å². The highest BCUT2D eigenvalue weighted by atomic mass is 28.4. The summed E-state index contributed by atoms with van der Waals surface area (Å²) in [5.74, 6) is -1.17. The molecule has 1 saturated heterocycles. The maximum Gasteiger partial charge on any atom is 0.330 e. The van der Waals surface area contributed by atoms with Crippen molar-refractivity contribution in [2.75, 3.05) is 19.8 Å². The Labute approximate surface area is 283 Å². The number of hydrogen-bond acceptors (Lipinski definition) is 9. The topological polar surface area (TPSA) is 149 Å². The number of aromatic amines is 1. The highest BCUT2D eigenvalue weighted by Gasteiger charge is 2.53. The molecule has 2 amide bonds. The average molecular weight is 686 g/mol. The molecule has 1 fully saturated rings. The number of H-pyrrole nitrogens is 1. The number of aryl methyl sites for hydroxylation is 1. The number of amides is 2. The molecule has 0 unspecified atom stereocenters. The van der Waals surface area contributed by atoms with E-state index in [4.69, 9.17) is 18.7 Å². The Bertz CT molecular complexity index is 1870. The largest absolute Gasteiger partial charge is 0.405 e. The van der Waals surface area contributed by atoms with Gasteiger partial charge in [0.1, 0.15) is 18.3 Å². The van der Waals surface area contributed by atoms with Crippen LogP contribution in [0.3, 0.4) is 0 Å². The summed E-state index contributed by atoms with van der Waals surface area (Å²) in [7, 11) is -3.02. The van der Waals surface area contributed by atoms with Gasteiger partial charge in [-0.2, -0.15) is 0 Å². The minimum absolute atomic E-state index is 0.0343. The van der Waals surface area contributed by atoms with Crippen LogP contribution in [0, 0.1) is 6.92 Å². The van der Waals surface area contributed by atoms with Gasteiger partial charge in [0.25, 0.3) is 25.7 Å². The third kappa shape index (κ3) is 6.36. The van der Waals surface area contributed by atoms with Crippen molar-refractivity contribution in [3.05, 3.63) is 129 Å². The monoisotopic (exact) mass is 685 g/mol. The molecule has 4 aromatic rings. The minimum Gasteiger partial charge on any atom is -0.405 e. The fourth-order valence-electron chi connectivity index (χ4n) is 6.60. The van der Waals surface area contributed by atoms with Crippen molar-refractivity contribution in [2.45, 2.75) is 57.3 Å². The second-order valence-corrected chi connectivity index (χ2v) is 17.4. The Hall–Kier alpha value is -4.50. The number of nitrogens with one attached hydrogen (secondary N) is 1. The summed E-state index contributed by atoms with van der Waals surface area (Å²) in [5.41, 5.74) is -0.540. The molecule has 2 aliphatic rings. The predicted octanol–water partition coefficient (Wildman–Crippen LogP) is 2.29.